The van der Waals surface area contributed by atoms with Crippen molar-refractivity contribution in [3.05, 3.63) is 29.8 Å². The number of alkyl halides is 2. The first kappa shape index (κ1) is 14.8. The van der Waals surface area contributed by atoms with E-state index in [1.807, 2.05) is 6.92 Å². The van der Waals surface area contributed by atoms with Gasteiger partial charge in [0.25, 0.3) is 5.92 Å². The van der Waals surface area contributed by atoms with E-state index in [-0.39, 0.29) is 6.54 Å². The smallest absolute Gasteiger partial charge is 0.290 e. The number of nitrogens with zero attached hydrogens (tertiary/aromatic N) is 1. The monoisotopic (exact) mass is 279 g/mol. The lowest BCUT2D eigenvalue weighted by Gasteiger charge is -2.39. The van der Waals surface area contributed by atoms with Crippen LogP contribution in [0.4, 0.5) is 14.5 Å². The lowest BCUT2D eigenvalue weighted by molar-refractivity contribution is -0.142. The van der Waals surface area contributed by atoms with Gasteiger partial charge in [0.05, 0.1) is 6.54 Å². The molecule has 108 valence electrons. The van der Waals surface area contributed by atoms with Crippen LogP contribution in [0, 0.1) is 12.3 Å². The van der Waals surface area contributed by atoms with Gasteiger partial charge < -0.3 is 9.64 Å². The van der Waals surface area contributed by atoms with Gasteiger partial charge in [-0.15, -0.1) is 6.42 Å². The fourth-order valence-electron chi connectivity index (χ4n) is 2.37. The molecule has 0 radical (unpaired) electrons. The standard InChI is InChI=1S/C16H19F2NO/c1-3-11-20-15-9-10-19(12-16(15,17)18)14-7-5-13(4-2)6-8-14/h2,5-8,15H,3,9-12H2,1H3. The van der Waals surface area contributed by atoms with Crippen molar-refractivity contribution in [1.82, 2.24) is 0 Å². The highest BCUT2D eigenvalue weighted by Crippen LogP contribution is 2.32. The predicted molar refractivity (Wildman–Crippen MR) is 76.2 cm³/mol. The third-order valence-corrected chi connectivity index (χ3v) is 3.46. The molecule has 0 bridgehead atoms. The topological polar surface area (TPSA) is 12.5 Å². The molecule has 1 fully saturated rings. The Kier molecular flexibility index (Phi) is 4.61. The molecule has 20 heavy (non-hydrogen) atoms. The minimum atomic E-state index is -2.82. The Balaban J connectivity index is 2.04. The molecule has 0 spiro atoms. The molecule has 1 aromatic rings. The summed E-state index contributed by atoms with van der Waals surface area (Å²) in [6, 6.07) is 7.12. The summed E-state index contributed by atoms with van der Waals surface area (Å²) in [5, 5.41) is 0. The molecule has 1 atom stereocenters. The molecule has 0 saturated carbocycles. The van der Waals surface area contributed by atoms with E-state index in [0.29, 0.717) is 19.6 Å². The maximum absolute atomic E-state index is 14.1. The summed E-state index contributed by atoms with van der Waals surface area (Å²) in [5.41, 5.74) is 1.53. The second-order valence-electron chi connectivity index (χ2n) is 5.02. The molecule has 0 amide bonds. The number of rotatable bonds is 4. The fraction of sp³-hybridized carbons (Fsp3) is 0.500. The lowest BCUT2D eigenvalue weighted by atomic mass is 10.0. The van der Waals surface area contributed by atoms with Gasteiger partial charge >= 0.3 is 0 Å². The number of ether oxygens (including phenoxy) is 1. The molecule has 1 aliphatic rings. The van der Waals surface area contributed by atoms with Crippen molar-refractivity contribution < 1.29 is 13.5 Å². The summed E-state index contributed by atoms with van der Waals surface area (Å²) < 4.78 is 33.4. The van der Waals surface area contributed by atoms with E-state index in [2.05, 4.69) is 5.92 Å². The molecule has 1 unspecified atom stereocenters. The number of halogens is 2. The van der Waals surface area contributed by atoms with Crippen molar-refractivity contribution in [2.45, 2.75) is 31.8 Å². The van der Waals surface area contributed by atoms with Crippen LogP contribution < -0.4 is 4.90 Å². The minimum absolute atomic E-state index is 0.309. The summed E-state index contributed by atoms with van der Waals surface area (Å²) in [6.07, 6.45) is 5.41. The van der Waals surface area contributed by atoms with Crippen LogP contribution in [0.2, 0.25) is 0 Å². The van der Waals surface area contributed by atoms with Gasteiger partial charge in [-0.2, -0.15) is 0 Å². The van der Waals surface area contributed by atoms with E-state index in [4.69, 9.17) is 11.2 Å². The van der Waals surface area contributed by atoms with Crippen LogP contribution >= 0.6 is 0 Å². The van der Waals surface area contributed by atoms with Crippen molar-refractivity contribution >= 4 is 5.69 Å². The second-order valence-corrected chi connectivity index (χ2v) is 5.02. The Hall–Kier alpha value is -1.60. The number of benzene rings is 1. The Morgan fingerprint density at radius 3 is 2.65 bits per heavy atom. The van der Waals surface area contributed by atoms with Crippen molar-refractivity contribution in [3.63, 3.8) is 0 Å². The Morgan fingerprint density at radius 2 is 2.10 bits per heavy atom. The van der Waals surface area contributed by atoms with Crippen LogP contribution in [0.25, 0.3) is 0 Å². The molecule has 1 saturated heterocycles. The van der Waals surface area contributed by atoms with Gasteiger partial charge in [0, 0.05) is 24.4 Å². The zero-order valence-corrected chi connectivity index (χ0v) is 11.6. The third kappa shape index (κ3) is 3.29. The third-order valence-electron chi connectivity index (χ3n) is 3.46. The quantitative estimate of drug-likeness (QED) is 0.784. The van der Waals surface area contributed by atoms with Crippen LogP contribution in [0.1, 0.15) is 25.3 Å². The molecule has 1 aromatic carbocycles. The van der Waals surface area contributed by atoms with Gasteiger partial charge in [0.1, 0.15) is 6.10 Å². The molecule has 0 N–H and O–H groups in total. The number of piperidine rings is 1. The first-order valence-corrected chi connectivity index (χ1v) is 6.88. The Labute approximate surface area is 118 Å². The summed E-state index contributed by atoms with van der Waals surface area (Å²) in [7, 11) is 0. The van der Waals surface area contributed by atoms with E-state index in [0.717, 1.165) is 17.7 Å². The molecule has 4 heteroatoms. The number of hydrogen-bond donors (Lipinski definition) is 0. The Morgan fingerprint density at radius 1 is 1.40 bits per heavy atom. The van der Waals surface area contributed by atoms with Crippen molar-refractivity contribution in [2.24, 2.45) is 0 Å². The highest BCUT2D eigenvalue weighted by atomic mass is 19.3. The van der Waals surface area contributed by atoms with Gasteiger partial charge in [-0.3, -0.25) is 0 Å². The van der Waals surface area contributed by atoms with E-state index in [9.17, 15) is 8.78 Å². The van der Waals surface area contributed by atoms with Crippen LogP contribution in [-0.4, -0.2) is 31.7 Å². The average Bonchev–Trinajstić information content (AvgIpc) is 2.45. The largest absolute Gasteiger partial charge is 0.372 e. The van der Waals surface area contributed by atoms with Crippen molar-refractivity contribution in [2.75, 3.05) is 24.6 Å². The van der Waals surface area contributed by atoms with Gasteiger partial charge in [-0.25, -0.2) is 8.78 Å². The van der Waals surface area contributed by atoms with Crippen LogP contribution in [-0.2, 0) is 4.74 Å². The maximum atomic E-state index is 14.1. The molecule has 2 rings (SSSR count). The summed E-state index contributed by atoms with van der Waals surface area (Å²) in [4.78, 5) is 1.69. The van der Waals surface area contributed by atoms with Crippen molar-refractivity contribution in [3.8, 4) is 12.3 Å². The maximum Gasteiger partial charge on any atom is 0.290 e. The predicted octanol–water partition coefficient (Wildman–Crippen LogP) is 3.31. The zero-order valence-electron chi connectivity index (χ0n) is 11.6. The highest BCUT2D eigenvalue weighted by Gasteiger charge is 2.45. The number of anilines is 1. The SMILES string of the molecule is C#Cc1ccc(N2CCC(OCCC)C(F)(F)C2)cc1. The molecule has 0 aromatic heterocycles. The van der Waals surface area contributed by atoms with E-state index in [1.165, 1.54) is 0 Å². The molecular weight excluding hydrogens is 260 g/mol. The molecule has 1 aliphatic heterocycles. The van der Waals surface area contributed by atoms with E-state index in [1.54, 1.807) is 29.2 Å². The van der Waals surface area contributed by atoms with Gasteiger partial charge in [-0.1, -0.05) is 12.8 Å². The number of hydrogen-bond acceptors (Lipinski definition) is 2. The Bertz CT molecular complexity index is 478. The zero-order chi connectivity index (χ0) is 14.6. The highest BCUT2D eigenvalue weighted by molar-refractivity contribution is 5.51. The fourth-order valence-corrected chi connectivity index (χ4v) is 2.37. The van der Waals surface area contributed by atoms with Crippen LogP contribution in [0.5, 0.6) is 0 Å². The first-order valence-electron chi connectivity index (χ1n) is 6.88. The normalized spacial score (nSPS) is 21.5. The lowest BCUT2D eigenvalue weighted by Crippen LogP contribution is -2.52. The van der Waals surface area contributed by atoms with E-state index < -0.39 is 12.0 Å². The van der Waals surface area contributed by atoms with Gasteiger partial charge in [0.15, 0.2) is 0 Å². The van der Waals surface area contributed by atoms with Crippen LogP contribution in [0.15, 0.2) is 24.3 Å². The van der Waals surface area contributed by atoms with Gasteiger partial charge in [-0.05, 0) is 37.1 Å². The van der Waals surface area contributed by atoms with Gasteiger partial charge in [0.2, 0.25) is 0 Å². The summed E-state index contributed by atoms with van der Waals surface area (Å²) in [6.45, 7) is 2.56. The molecule has 0 aliphatic carbocycles. The van der Waals surface area contributed by atoms with E-state index >= 15 is 0 Å². The minimum Gasteiger partial charge on any atom is -0.372 e. The first-order chi connectivity index (χ1) is 9.56. The molecule has 1 heterocycles. The molecular formula is C16H19F2NO. The summed E-state index contributed by atoms with van der Waals surface area (Å²) >= 11 is 0. The van der Waals surface area contributed by atoms with Crippen molar-refractivity contribution in [1.29, 1.82) is 0 Å². The number of terminal acetylenes is 1. The average molecular weight is 279 g/mol. The molecule has 2 nitrogen and oxygen atoms in total. The second kappa shape index (κ2) is 6.23. The van der Waals surface area contributed by atoms with Crippen LogP contribution in [0.3, 0.4) is 0 Å². The summed E-state index contributed by atoms with van der Waals surface area (Å²) in [5.74, 6) is -0.304.